The lowest BCUT2D eigenvalue weighted by atomic mass is 9.57. The molecule has 1 amide bonds. The van der Waals surface area contributed by atoms with Crippen LogP contribution in [0, 0.1) is 11.8 Å². The van der Waals surface area contributed by atoms with E-state index in [9.17, 15) is 34.8 Å². The molecule has 1 saturated carbocycles. The quantitative estimate of drug-likeness (QED) is 0.414. The Morgan fingerprint density at radius 2 is 1.74 bits per heavy atom. The Hall–Kier alpha value is -3.95. The number of fused-ring (bicyclic) bond motifs is 3. The number of aliphatic hydroxyl groups excluding tert-OH is 2. The van der Waals surface area contributed by atoms with Gasteiger partial charge in [0.1, 0.15) is 22.8 Å². The van der Waals surface area contributed by atoms with E-state index in [-0.39, 0.29) is 29.9 Å². The number of Topliss-reactive ketones (excluding diaryl/α,β-unsaturated/α-hetero) is 2. The van der Waals surface area contributed by atoms with Gasteiger partial charge in [-0.25, -0.2) is 0 Å². The van der Waals surface area contributed by atoms with Crippen LogP contribution in [0.1, 0.15) is 23.1 Å². The molecule has 9 nitrogen and oxygen atoms in total. The van der Waals surface area contributed by atoms with Gasteiger partial charge in [-0.05, 0) is 23.6 Å². The van der Waals surface area contributed by atoms with Crippen molar-refractivity contribution < 1.29 is 39.5 Å². The maximum atomic E-state index is 13.7. The number of benzene rings is 2. The highest BCUT2D eigenvalue weighted by atomic mass is 16.5. The largest absolute Gasteiger partial charge is 0.508 e. The number of hydrogen-bond donors (Lipinski definition) is 5. The third-order valence-corrected chi connectivity index (χ3v) is 7.17. The van der Waals surface area contributed by atoms with Gasteiger partial charge in [0.2, 0.25) is 5.78 Å². The smallest absolute Gasteiger partial charge is 0.255 e. The number of phenolic OH excluding ortho intramolecular Hbond substituents is 1. The summed E-state index contributed by atoms with van der Waals surface area (Å²) in [4.78, 5) is 38.3. The molecule has 4 atom stereocenters. The Bertz CT molecular complexity index is 1330. The number of primary amides is 1. The average Bonchev–Trinajstić information content (AvgIpc) is 2.81. The fourth-order valence-corrected chi connectivity index (χ4v) is 5.55. The molecule has 0 spiro atoms. The first-order chi connectivity index (χ1) is 16.7. The van der Waals surface area contributed by atoms with Crippen molar-refractivity contribution >= 4 is 23.2 Å². The fraction of sp³-hybridized carbons (Fsp3) is 0.269. The molecule has 35 heavy (non-hydrogen) atoms. The molecule has 180 valence electrons. The average molecular weight is 477 g/mol. The summed E-state index contributed by atoms with van der Waals surface area (Å²) in [5.41, 5.74) is 2.83. The molecule has 0 radical (unpaired) electrons. The highest BCUT2D eigenvalue weighted by Crippen LogP contribution is 2.53. The van der Waals surface area contributed by atoms with Gasteiger partial charge in [0.15, 0.2) is 11.4 Å². The van der Waals surface area contributed by atoms with Crippen LogP contribution >= 0.6 is 0 Å². The van der Waals surface area contributed by atoms with Gasteiger partial charge in [-0.1, -0.05) is 42.5 Å². The number of rotatable bonds is 4. The number of hydrogen-bond acceptors (Lipinski definition) is 8. The van der Waals surface area contributed by atoms with Crippen molar-refractivity contribution in [2.75, 3.05) is 0 Å². The predicted octanol–water partition coefficient (Wildman–Crippen LogP) is 1.62. The number of carbonyl (C=O) groups excluding carboxylic acids is 3. The summed E-state index contributed by atoms with van der Waals surface area (Å²) in [5, 5.41) is 43.9. The van der Waals surface area contributed by atoms with Crippen molar-refractivity contribution in [1.82, 2.24) is 0 Å². The summed E-state index contributed by atoms with van der Waals surface area (Å²) < 4.78 is 6.19. The molecule has 0 aromatic heterocycles. The lowest BCUT2D eigenvalue weighted by Crippen LogP contribution is -2.64. The first-order valence-corrected chi connectivity index (χ1v) is 11.1. The number of ether oxygens (including phenoxy) is 1. The molecule has 0 saturated heterocycles. The van der Waals surface area contributed by atoms with Crippen LogP contribution in [0.4, 0.5) is 0 Å². The molecule has 0 unspecified atom stereocenters. The molecular weight excluding hydrogens is 454 g/mol. The van der Waals surface area contributed by atoms with Crippen LogP contribution in [0.25, 0.3) is 5.76 Å². The van der Waals surface area contributed by atoms with Gasteiger partial charge >= 0.3 is 0 Å². The Balaban J connectivity index is 1.70. The van der Waals surface area contributed by atoms with Crippen molar-refractivity contribution in [3.63, 3.8) is 0 Å². The van der Waals surface area contributed by atoms with E-state index >= 15 is 0 Å². The Labute approximate surface area is 199 Å². The van der Waals surface area contributed by atoms with Crippen molar-refractivity contribution in [3.05, 3.63) is 82.1 Å². The molecule has 5 rings (SSSR count). The highest BCUT2D eigenvalue weighted by molar-refractivity contribution is 6.22. The highest BCUT2D eigenvalue weighted by Gasteiger charge is 2.64. The maximum Gasteiger partial charge on any atom is 0.255 e. The normalized spacial score (nSPS) is 27.9. The lowest BCUT2D eigenvalue weighted by molar-refractivity contribution is -0.167. The molecule has 0 bridgehead atoms. The van der Waals surface area contributed by atoms with E-state index in [2.05, 4.69) is 0 Å². The lowest BCUT2D eigenvalue weighted by Gasteiger charge is -2.50. The summed E-state index contributed by atoms with van der Waals surface area (Å²) in [7, 11) is 0. The topological polar surface area (TPSA) is 167 Å². The monoisotopic (exact) mass is 477 g/mol. The van der Waals surface area contributed by atoms with Gasteiger partial charge in [0.05, 0.1) is 18.3 Å². The third kappa shape index (κ3) is 3.27. The number of nitrogens with two attached hydrogens (primary N) is 1. The summed E-state index contributed by atoms with van der Waals surface area (Å²) in [6, 6.07) is 13.7. The van der Waals surface area contributed by atoms with Crippen LogP contribution in [-0.4, -0.2) is 49.6 Å². The zero-order valence-corrected chi connectivity index (χ0v) is 18.5. The first kappa shape index (κ1) is 22.8. The van der Waals surface area contributed by atoms with E-state index in [1.807, 2.05) is 30.3 Å². The van der Waals surface area contributed by atoms with Crippen molar-refractivity contribution in [1.29, 1.82) is 0 Å². The molecule has 0 heterocycles. The number of carbonyl (C=O) groups is 3. The van der Waals surface area contributed by atoms with Gasteiger partial charge in [0, 0.05) is 23.8 Å². The van der Waals surface area contributed by atoms with Crippen LogP contribution in [0.15, 0.2) is 65.4 Å². The number of ketones is 2. The minimum atomic E-state index is -2.72. The number of aromatic hydroxyl groups is 1. The van der Waals surface area contributed by atoms with Crippen molar-refractivity contribution in [2.45, 2.75) is 31.2 Å². The van der Waals surface area contributed by atoms with E-state index in [0.717, 1.165) is 5.56 Å². The minimum Gasteiger partial charge on any atom is -0.508 e. The predicted molar refractivity (Wildman–Crippen MR) is 122 cm³/mol. The minimum absolute atomic E-state index is 0.0430. The molecule has 9 heteroatoms. The van der Waals surface area contributed by atoms with Gasteiger partial charge in [-0.3, -0.25) is 14.4 Å². The third-order valence-electron chi connectivity index (χ3n) is 7.17. The van der Waals surface area contributed by atoms with Gasteiger partial charge in [0.25, 0.3) is 5.91 Å². The van der Waals surface area contributed by atoms with E-state index < -0.39 is 64.5 Å². The summed E-state index contributed by atoms with van der Waals surface area (Å²) in [6.45, 7) is 0.0606. The van der Waals surface area contributed by atoms with Crippen LogP contribution in [0.5, 0.6) is 5.75 Å². The Morgan fingerprint density at radius 3 is 2.43 bits per heavy atom. The molecule has 1 fully saturated rings. The van der Waals surface area contributed by atoms with Crippen LogP contribution in [-0.2, 0) is 32.1 Å². The summed E-state index contributed by atoms with van der Waals surface area (Å²) in [6.07, 6.45) is -1.31. The molecule has 2 aromatic carbocycles. The Morgan fingerprint density at radius 1 is 1.03 bits per heavy atom. The molecule has 3 aliphatic carbocycles. The second-order valence-electron chi connectivity index (χ2n) is 9.06. The SMILES string of the molecule is NC(=O)C1=C(O)[C@@]2(O)C(=O)C3=C(O)c4c(O)cccc4C[C@H]3[C@H](OCc3ccccc3)[C@H]2CC1=O. The number of amides is 1. The Kier molecular flexibility index (Phi) is 5.26. The van der Waals surface area contributed by atoms with Crippen LogP contribution < -0.4 is 5.73 Å². The summed E-state index contributed by atoms with van der Waals surface area (Å²) in [5.74, 6) is -7.14. The standard InChI is InChI=1S/C26H23NO8/c27-25(33)20-17(29)10-15-22(35-11-12-5-2-1-3-6-12)14-9-13-7-4-8-16(28)18(13)21(30)19(14)23(31)26(15,34)24(20)32/h1-8,14-15,22,28,30,32,34H,9-11H2,(H2,27,33)/t14-,15-,22+,26+/m1/s1. The molecular formula is C26H23NO8. The molecule has 3 aliphatic rings. The van der Waals surface area contributed by atoms with E-state index in [1.165, 1.54) is 6.07 Å². The van der Waals surface area contributed by atoms with E-state index in [0.29, 0.717) is 5.56 Å². The fourth-order valence-electron chi connectivity index (χ4n) is 5.55. The zero-order valence-electron chi connectivity index (χ0n) is 18.5. The van der Waals surface area contributed by atoms with Gasteiger partial charge < -0.3 is 30.9 Å². The summed E-state index contributed by atoms with van der Waals surface area (Å²) >= 11 is 0. The van der Waals surface area contributed by atoms with E-state index in [4.69, 9.17) is 10.5 Å². The van der Waals surface area contributed by atoms with Crippen LogP contribution in [0.2, 0.25) is 0 Å². The van der Waals surface area contributed by atoms with Crippen LogP contribution in [0.3, 0.4) is 0 Å². The molecule has 2 aromatic rings. The van der Waals surface area contributed by atoms with Gasteiger partial charge in [-0.2, -0.15) is 0 Å². The number of aliphatic hydroxyl groups is 3. The second-order valence-corrected chi connectivity index (χ2v) is 9.06. The van der Waals surface area contributed by atoms with Gasteiger partial charge in [-0.15, -0.1) is 0 Å². The zero-order chi connectivity index (χ0) is 25.1. The molecule has 6 N–H and O–H groups in total. The van der Waals surface area contributed by atoms with Crippen molar-refractivity contribution in [2.24, 2.45) is 17.6 Å². The second kappa shape index (κ2) is 8.07. The van der Waals surface area contributed by atoms with Crippen molar-refractivity contribution in [3.8, 4) is 5.75 Å². The maximum absolute atomic E-state index is 13.7. The molecule has 0 aliphatic heterocycles. The van der Waals surface area contributed by atoms with E-state index in [1.54, 1.807) is 12.1 Å². The first-order valence-electron chi connectivity index (χ1n) is 11.1. The number of phenols is 1.